The van der Waals surface area contributed by atoms with Crippen molar-refractivity contribution in [1.82, 2.24) is 19.5 Å². The first-order chi connectivity index (χ1) is 16.1. The van der Waals surface area contributed by atoms with Crippen LogP contribution in [0, 0.1) is 0 Å². The van der Waals surface area contributed by atoms with Crippen molar-refractivity contribution < 1.29 is 8.42 Å². The Morgan fingerprint density at radius 2 is 1.36 bits per heavy atom. The normalized spacial score (nSPS) is 14.8. The highest BCUT2D eigenvalue weighted by Crippen LogP contribution is 2.24. The molecule has 1 fully saturated rings. The summed E-state index contributed by atoms with van der Waals surface area (Å²) in [4.78, 5) is 6.49. The van der Waals surface area contributed by atoms with Crippen molar-refractivity contribution >= 4 is 15.8 Å². The Balaban J connectivity index is 1.25. The van der Waals surface area contributed by atoms with Crippen LogP contribution in [0.3, 0.4) is 0 Å². The second kappa shape index (κ2) is 9.09. The Hall–Kier alpha value is -3.62. The zero-order valence-electron chi connectivity index (χ0n) is 17.9. The van der Waals surface area contributed by atoms with Gasteiger partial charge in [-0.25, -0.2) is 8.42 Å². The van der Waals surface area contributed by atoms with Gasteiger partial charge >= 0.3 is 0 Å². The van der Waals surface area contributed by atoms with Crippen LogP contribution in [0.2, 0.25) is 0 Å². The Bertz CT molecular complexity index is 1310. The summed E-state index contributed by atoms with van der Waals surface area (Å²) in [6, 6.07) is 24.6. The summed E-state index contributed by atoms with van der Waals surface area (Å²) in [7, 11) is -3.55. The molecule has 7 nitrogen and oxygen atoms in total. The summed E-state index contributed by atoms with van der Waals surface area (Å²) in [5.74, 6) is 0.743. The van der Waals surface area contributed by atoms with Crippen LogP contribution in [0.25, 0.3) is 22.4 Å². The van der Waals surface area contributed by atoms with E-state index < -0.39 is 10.0 Å². The van der Waals surface area contributed by atoms with E-state index in [0.29, 0.717) is 31.1 Å². The number of anilines is 1. The maximum atomic E-state index is 13.2. The molecule has 33 heavy (non-hydrogen) atoms. The van der Waals surface area contributed by atoms with E-state index in [1.165, 1.54) is 0 Å². The van der Waals surface area contributed by atoms with E-state index in [4.69, 9.17) is 0 Å². The van der Waals surface area contributed by atoms with Gasteiger partial charge in [-0.05, 0) is 47.5 Å². The molecule has 0 N–H and O–H groups in total. The van der Waals surface area contributed by atoms with Crippen molar-refractivity contribution in [2.45, 2.75) is 4.90 Å². The van der Waals surface area contributed by atoms with Gasteiger partial charge in [0.15, 0.2) is 5.82 Å². The van der Waals surface area contributed by atoms with E-state index in [2.05, 4.69) is 20.1 Å². The molecule has 3 heterocycles. The number of nitrogens with zero attached hydrogens (tertiary/aromatic N) is 5. The van der Waals surface area contributed by atoms with Crippen molar-refractivity contribution in [3.05, 3.63) is 91.3 Å². The maximum Gasteiger partial charge on any atom is 0.243 e. The number of rotatable bonds is 5. The molecule has 0 aliphatic carbocycles. The van der Waals surface area contributed by atoms with Crippen LogP contribution in [-0.4, -0.2) is 54.1 Å². The lowest BCUT2D eigenvalue weighted by atomic mass is 10.1. The lowest BCUT2D eigenvalue weighted by Gasteiger charge is -2.34. The molecular weight excluding hydrogens is 434 g/mol. The minimum atomic E-state index is -3.55. The van der Waals surface area contributed by atoms with Crippen LogP contribution in [0.5, 0.6) is 0 Å². The molecule has 5 rings (SSSR count). The summed E-state index contributed by atoms with van der Waals surface area (Å²) in [6.45, 7) is 1.91. The number of hydrogen-bond acceptors (Lipinski definition) is 6. The van der Waals surface area contributed by atoms with Crippen LogP contribution < -0.4 is 4.90 Å². The van der Waals surface area contributed by atoms with E-state index >= 15 is 0 Å². The topological polar surface area (TPSA) is 79.3 Å². The average Bonchev–Trinajstić information content (AvgIpc) is 2.90. The minimum absolute atomic E-state index is 0.316. The molecule has 0 unspecified atom stereocenters. The van der Waals surface area contributed by atoms with Gasteiger partial charge < -0.3 is 4.90 Å². The van der Waals surface area contributed by atoms with Crippen LogP contribution >= 0.6 is 0 Å². The Morgan fingerprint density at radius 3 is 2.00 bits per heavy atom. The quantitative estimate of drug-likeness (QED) is 0.455. The third-order valence-corrected chi connectivity index (χ3v) is 7.68. The maximum absolute atomic E-state index is 13.2. The highest BCUT2D eigenvalue weighted by atomic mass is 32.2. The number of pyridine rings is 1. The standard InChI is InChI=1S/C25H23N5O2S/c31-33(32,23-10-8-21(9-11-23)20-5-2-1-3-6-20)30-17-15-29(16-18-30)25-13-12-24(27-28-25)22-7-4-14-26-19-22/h1-14,19H,15-18H2. The largest absolute Gasteiger partial charge is 0.352 e. The molecule has 0 bridgehead atoms. The zero-order valence-corrected chi connectivity index (χ0v) is 18.8. The molecule has 2 aromatic heterocycles. The first-order valence-electron chi connectivity index (χ1n) is 10.8. The van der Waals surface area contributed by atoms with Crippen LogP contribution in [0.15, 0.2) is 96.2 Å². The van der Waals surface area contributed by atoms with Crippen LogP contribution in [0.1, 0.15) is 0 Å². The van der Waals surface area contributed by atoms with Gasteiger partial charge in [-0.3, -0.25) is 4.98 Å². The molecule has 0 atom stereocenters. The number of hydrogen-bond donors (Lipinski definition) is 0. The summed E-state index contributed by atoms with van der Waals surface area (Å²) in [6.07, 6.45) is 3.47. The molecule has 2 aromatic carbocycles. The van der Waals surface area contributed by atoms with Crippen molar-refractivity contribution in [3.63, 3.8) is 0 Å². The summed E-state index contributed by atoms with van der Waals surface area (Å²) < 4.78 is 27.8. The lowest BCUT2D eigenvalue weighted by Crippen LogP contribution is -2.48. The van der Waals surface area contributed by atoms with Gasteiger partial charge in [0.2, 0.25) is 10.0 Å². The van der Waals surface area contributed by atoms with Gasteiger partial charge in [-0.1, -0.05) is 42.5 Å². The molecule has 1 aliphatic rings. The molecule has 0 saturated carbocycles. The number of aromatic nitrogens is 3. The minimum Gasteiger partial charge on any atom is -0.352 e. The smallest absolute Gasteiger partial charge is 0.243 e. The highest BCUT2D eigenvalue weighted by molar-refractivity contribution is 7.89. The average molecular weight is 458 g/mol. The molecule has 0 spiro atoms. The van der Waals surface area contributed by atoms with E-state index in [1.54, 1.807) is 28.8 Å². The molecule has 0 radical (unpaired) electrons. The molecule has 1 saturated heterocycles. The number of sulfonamides is 1. The van der Waals surface area contributed by atoms with Gasteiger partial charge in [-0.15, -0.1) is 10.2 Å². The monoisotopic (exact) mass is 457 g/mol. The Morgan fingerprint density at radius 1 is 0.667 bits per heavy atom. The second-order valence-corrected chi connectivity index (χ2v) is 9.74. The Labute approximate surface area is 193 Å². The lowest BCUT2D eigenvalue weighted by molar-refractivity contribution is 0.383. The van der Waals surface area contributed by atoms with E-state index in [9.17, 15) is 8.42 Å². The predicted octanol–water partition coefficient (Wildman–Crippen LogP) is 3.72. The van der Waals surface area contributed by atoms with Crippen molar-refractivity contribution in [2.75, 3.05) is 31.1 Å². The van der Waals surface area contributed by atoms with E-state index in [-0.39, 0.29) is 0 Å². The fourth-order valence-electron chi connectivity index (χ4n) is 3.92. The van der Waals surface area contributed by atoms with Crippen molar-refractivity contribution in [3.8, 4) is 22.4 Å². The fraction of sp³-hybridized carbons (Fsp3) is 0.160. The third kappa shape index (κ3) is 4.48. The molecule has 4 aromatic rings. The number of benzene rings is 2. The molecule has 8 heteroatoms. The van der Waals surface area contributed by atoms with Gasteiger partial charge in [-0.2, -0.15) is 4.31 Å². The molecule has 166 valence electrons. The van der Waals surface area contributed by atoms with E-state index in [1.807, 2.05) is 66.7 Å². The first-order valence-corrected chi connectivity index (χ1v) is 12.2. The molecule has 0 amide bonds. The second-order valence-electron chi connectivity index (χ2n) is 7.80. The third-order valence-electron chi connectivity index (χ3n) is 5.77. The summed E-state index contributed by atoms with van der Waals surface area (Å²) >= 11 is 0. The van der Waals surface area contributed by atoms with Gasteiger partial charge in [0, 0.05) is 44.1 Å². The zero-order chi connectivity index (χ0) is 22.7. The van der Waals surface area contributed by atoms with Gasteiger partial charge in [0.25, 0.3) is 0 Å². The van der Waals surface area contributed by atoms with Crippen LogP contribution in [-0.2, 0) is 10.0 Å². The summed E-state index contributed by atoms with van der Waals surface area (Å²) in [5.41, 5.74) is 3.72. The molecule has 1 aliphatic heterocycles. The predicted molar refractivity (Wildman–Crippen MR) is 128 cm³/mol. The Kier molecular flexibility index (Phi) is 5.85. The number of piperazine rings is 1. The fourth-order valence-corrected chi connectivity index (χ4v) is 5.34. The van der Waals surface area contributed by atoms with Crippen molar-refractivity contribution in [2.24, 2.45) is 0 Å². The van der Waals surface area contributed by atoms with Crippen LogP contribution in [0.4, 0.5) is 5.82 Å². The highest BCUT2D eigenvalue weighted by Gasteiger charge is 2.29. The van der Waals surface area contributed by atoms with Gasteiger partial charge in [0.05, 0.1) is 10.6 Å². The van der Waals surface area contributed by atoms with Gasteiger partial charge in [0.1, 0.15) is 0 Å². The summed E-state index contributed by atoms with van der Waals surface area (Å²) in [5, 5.41) is 8.65. The first kappa shape index (κ1) is 21.2. The van der Waals surface area contributed by atoms with E-state index in [0.717, 1.165) is 28.2 Å². The molecular formula is C25H23N5O2S. The van der Waals surface area contributed by atoms with Crippen molar-refractivity contribution in [1.29, 1.82) is 0 Å². The SMILES string of the molecule is O=S(=O)(c1ccc(-c2ccccc2)cc1)N1CCN(c2ccc(-c3cccnc3)nn2)CC1.